The molecule has 2 N–H and O–H groups in total. The summed E-state index contributed by atoms with van der Waals surface area (Å²) < 4.78 is 5.29. The van der Waals surface area contributed by atoms with Gasteiger partial charge in [-0.2, -0.15) is 0 Å². The highest BCUT2D eigenvalue weighted by atomic mass is 35.5. The first-order chi connectivity index (χ1) is 8.65. The maximum absolute atomic E-state index is 6.19. The maximum Gasteiger partial charge on any atom is 0.167 e. The lowest BCUT2D eigenvalue weighted by Gasteiger charge is -2.10. The number of benzene rings is 1. The highest BCUT2D eigenvalue weighted by Crippen LogP contribution is 2.34. The van der Waals surface area contributed by atoms with Crippen LogP contribution >= 0.6 is 11.6 Å². The normalized spacial score (nSPS) is 10.4. The van der Waals surface area contributed by atoms with Crippen LogP contribution < -0.4 is 10.5 Å². The number of nitrogen functional groups attached to an aromatic ring is 1. The van der Waals surface area contributed by atoms with Gasteiger partial charge in [-0.25, -0.2) is 9.97 Å². The molecule has 2 aromatic rings. The molecule has 0 saturated carbocycles. The molecule has 0 aliphatic carbocycles. The number of ether oxygens (including phenoxy) is 1. The molecular weight excluding hydrogens is 250 g/mol. The molecule has 0 atom stereocenters. The van der Waals surface area contributed by atoms with E-state index in [1.165, 1.54) is 0 Å². The maximum atomic E-state index is 6.19. The topological polar surface area (TPSA) is 61.0 Å². The number of aromatic nitrogens is 2. The minimum Gasteiger partial charge on any atom is -0.496 e. The van der Waals surface area contributed by atoms with Crippen LogP contribution in [0, 0.1) is 0 Å². The predicted molar refractivity (Wildman–Crippen MR) is 72.8 cm³/mol. The van der Waals surface area contributed by atoms with Crippen LogP contribution in [0.4, 0.5) is 5.82 Å². The Morgan fingerprint density at radius 2 is 2.11 bits per heavy atom. The van der Waals surface area contributed by atoms with Gasteiger partial charge in [0.25, 0.3) is 0 Å². The number of rotatable bonds is 3. The van der Waals surface area contributed by atoms with Crippen LogP contribution in [-0.2, 0) is 6.42 Å². The van der Waals surface area contributed by atoms with Gasteiger partial charge in [0.2, 0.25) is 0 Å². The summed E-state index contributed by atoms with van der Waals surface area (Å²) in [6, 6.07) is 7.17. The molecule has 0 saturated heterocycles. The highest BCUT2D eigenvalue weighted by Gasteiger charge is 2.14. The van der Waals surface area contributed by atoms with Crippen molar-refractivity contribution in [3.8, 4) is 17.1 Å². The molecule has 0 bridgehead atoms. The summed E-state index contributed by atoms with van der Waals surface area (Å²) in [6.07, 6.45) is 0.784. The second-order valence-corrected chi connectivity index (χ2v) is 4.19. The van der Waals surface area contributed by atoms with E-state index in [0.29, 0.717) is 28.0 Å². The van der Waals surface area contributed by atoms with E-state index >= 15 is 0 Å². The summed E-state index contributed by atoms with van der Waals surface area (Å²) in [6.45, 7) is 2.01. The van der Waals surface area contributed by atoms with Crippen LogP contribution in [0.3, 0.4) is 0 Å². The molecular formula is C13H14ClN3O. The standard InChI is InChI=1S/C13H14ClN3O/c1-3-8-7-11(15)17-13(16-8)12-9(14)5-4-6-10(12)18-2/h4-7H,3H2,1-2H3,(H2,15,16,17). The first kappa shape index (κ1) is 12.6. The van der Waals surface area contributed by atoms with Gasteiger partial charge in [-0.05, 0) is 18.6 Å². The Hall–Kier alpha value is -1.81. The van der Waals surface area contributed by atoms with Crippen molar-refractivity contribution in [2.75, 3.05) is 12.8 Å². The summed E-state index contributed by atoms with van der Waals surface area (Å²) >= 11 is 6.19. The number of nitrogens with zero attached hydrogens (tertiary/aromatic N) is 2. The van der Waals surface area contributed by atoms with E-state index in [1.54, 1.807) is 19.2 Å². The number of nitrogens with two attached hydrogens (primary N) is 1. The molecule has 5 heteroatoms. The minimum atomic E-state index is 0.429. The fourth-order valence-electron chi connectivity index (χ4n) is 1.70. The summed E-state index contributed by atoms with van der Waals surface area (Å²) in [5.74, 6) is 1.56. The van der Waals surface area contributed by atoms with E-state index in [1.807, 2.05) is 19.1 Å². The third-order valence-corrected chi connectivity index (χ3v) is 2.90. The third-order valence-electron chi connectivity index (χ3n) is 2.58. The molecule has 94 valence electrons. The second-order valence-electron chi connectivity index (χ2n) is 3.78. The molecule has 0 unspecified atom stereocenters. The van der Waals surface area contributed by atoms with Crippen LogP contribution in [-0.4, -0.2) is 17.1 Å². The first-order valence-corrected chi connectivity index (χ1v) is 5.99. The van der Waals surface area contributed by atoms with Gasteiger partial charge < -0.3 is 10.5 Å². The Labute approximate surface area is 111 Å². The average Bonchev–Trinajstić information content (AvgIpc) is 2.37. The van der Waals surface area contributed by atoms with Crippen molar-refractivity contribution in [1.29, 1.82) is 0 Å². The number of aryl methyl sites for hydroxylation is 1. The van der Waals surface area contributed by atoms with Gasteiger partial charge >= 0.3 is 0 Å². The molecule has 0 spiro atoms. The lowest BCUT2D eigenvalue weighted by atomic mass is 10.1. The fourth-order valence-corrected chi connectivity index (χ4v) is 1.95. The van der Waals surface area contributed by atoms with Gasteiger partial charge in [0.1, 0.15) is 11.6 Å². The SMILES string of the molecule is CCc1cc(N)nc(-c2c(Cl)cccc2OC)n1. The van der Waals surface area contributed by atoms with E-state index in [0.717, 1.165) is 12.1 Å². The summed E-state index contributed by atoms with van der Waals surface area (Å²) in [7, 11) is 1.59. The van der Waals surface area contributed by atoms with Crippen LogP contribution in [0.1, 0.15) is 12.6 Å². The van der Waals surface area contributed by atoms with Crippen molar-refractivity contribution in [2.24, 2.45) is 0 Å². The van der Waals surface area contributed by atoms with Crippen molar-refractivity contribution in [1.82, 2.24) is 9.97 Å². The Morgan fingerprint density at radius 3 is 2.78 bits per heavy atom. The quantitative estimate of drug-likeness (QED) is 0.925. The lowest BCUT2D eigenvalue weighted by molar-refractivity contribution is 0.416. The van der Waals surface area contributed by atoms with Gasteiger partial charge in [-0.1, -0.05) is 24.6 Å². The number of anilines is 1. The monoisotopic (exact) mass is 263 g/mol. The van der Waals surface area contributed by atoms with Crippen LogP contribution in [0.25, 0.3) is 11.4 Å². The Morgan fingerprint density at radius 1 is 1.33 bits per heavy atom. The fraction of sp³-hybridized carbons (Fsp3) is 0.231. The zero-order chi connectivity index (χ0) is 13.1. The van der Waals surface area contributed by atoms with Gasteiger partial charge in [-0.15, -0.1) is 0 Å². The molecule has 0 aliphatic rings. The van der Waals surface area contributed by atoms with E-state index in [-0.39, 0.29) is 0 Å². The Kier molecular flexibility index (Phi) is 3.67. The van der Waals surface area contributed by atoms with Gasteiger partial charge in [0.05, 0.1) is 17.7 Å². The lowest BCUT2D eigenvalue weighted by Crippen LogP contribution is -2.01. The number of hydrogen-bond donors (Lipinski definition) is 1. The Balaban J connectivity index is 2.64. The zero-order valence-corrected chi connectivity index (χ0v) is 11.0. The average molecular weight is 264 g/mol. The van der Waals surface area contributed by atoms with Gasteiger partial charge in [-0.3, -0.25) is 0 Å². The molecule has 2 rings (SSSR count). The summed E-state index contributed by atoms with van der Waals surface area (Å²) in [5, 5.41) is 0.544. The minimum absolute atomic E-state index is 0.429. The molecule has 1 aromatic carbocycles. The molecule has 4 nitrogen and oxygen atoms in total. The molecule has 1 heterocycles. The van der Waals surface area contributed by atoms with E-state index in [4.69, 9.17) is 22.1 Å². The zero-order valence-electron chi connectivity index (χ0n) is 10.3. The molecule has 0 amide bonds. The third kappa shape index (κ3) is 2.38. The van der Waals surface area contributed by atoms with Crippen molar-refractivity contribution >= 4 is 17.4 Å². The molecule has 0 aliphatic heterocycles. The smallest absolute Gasteiger partial charge is 0.167 e. The first-order valence-electron chi connectivity index (χ1n) is 5.62. The van der Waals surface area contributed by atoms with Crippen LogP contribution in [0.5, 0.6) is 5.75 Å². The van der Waals surface area contributed by atoms with Gasteiger partial charge in [0, 0.05) is 11.8 Å². The number of hydrogen-bond acceptors (Lipinski definition) is 4. The molecule has 1 aromatic heterocycles. The largest absolute Gasteiger partial charge is 0.496 e. The highest BCUT2D eigenvalue weighted by molar-refractivity contribution is 6.33. The van der Waals surface area contributed by atoms with Crippen LogP contribution in [0.15, 0.2) is 24.3 Å². The van der Waals surface area contributed by atoms with E-state index in [9.17, 15) is 0 Å². The van der Waals surface area contributed by atoms with E-state index < -0.39 is 0 Å². The second kappa shape index (κ2) is 5.23. The predicted octanol–water partition coefficient (Wildman–Crippen LogP) is 2.95. The summed E-state index contributed by atoms with van der Waals surface area (Å²) in [4.78, 5) is 8.66. The van der Waals surface area contributed by atoms with Crippen LogP contribution in [0.2, 0.25) is 5.02 Å². The van der Waals surface area contributed by atoms with Gasteiger partial charge in [0.15, 0.2) is 5.82 Å². The Bertz CT molecular complexity index is 572. The van der Waals surface area contributed by atoms with Crippen molar-refractivity contribution in [3.05, 3.63) is 35.0 Å². The van der Waals surface area contributed by atoms with E-state index in [2.05, 4.69) is 9.97 Å². The number of methoxy groups -OCH3 is 1. The summed E-state index contributed by atoms with van der Waals surface area (Å²) in [5.41, 5.74) is 7.32. The van der Waals surface area contributed by atoms with Crippen molar-refractivity contribution < 1.29 is 4.74 Å². The molecule has 0 radical (unpaired) electrons. The number of halogens is 1. The van der Waals surface area contributed by atoms with Crippen molar-refractivity contribution in [2.45, 2.75) is 13.3 Å². The molecule has 18 heavy (non-hydrogen) atoms. The molecule has 0 fully saturated rings. The van der Waals surface area contributed by atoms with Crippen molar-refractivity contribution in [3.63, 3.8) is 0 Å².